The van der Waals surface area contributed by atoms with Gasteiger partial charge < -0.3 is 10.0 Å². The van der Waals surface area contributed by atoms with Gasteiger partial charge >= 0.3 is 5.97 Å². The van der Waals surface area contributed by atoms with E-state index < -0.39 is 16.4 Å². The van der Waals surface area contributed by atoms with Crippen molar-refractivity contribution in [3.63, 3.8) is 0 Å². The van der Waals surface area contributed by atoms with Gasteiger partial charge in [-0.3, -0.25) is 10.1 Å². The second kappa shape index (κ2) is 4.29. The number of aliphatic carboxylic acids is 1. The Morgan fingerprint density at radius 2 is 2.17 bits per heavy atom. The van der Waals surface area contributed by atoms with E-state index in [9.17, 15) is 20.0 Å². The van der Waals surface area contributed by atoms with Gasteiger partial charge in [-0.2, -0.15) is 0 Å². The predicted molar refractivity (Wildman–Crippen MR) is 65.7 cm³/mol. The number of hydrogen-bond donors (Lipinski definition) is 1. The highest BCUT2D eigenvalue weighted by atomic mass is 16.6. The second-order valence-electron chi connectivity index (χ2n) is 4.58. The molecule has 1 atom stereocenters. The summed E-state index contributed by atoms with van der Waals surface area (Å²) < 4.78 is 0. The Labute approximate surface area is 104 Å². The van der Waals surface area contributed by atoms with Gasteiger partial charge in [0.1, 0.15) is 11.2 Å². The van der Waals surface area contributed by atoms with E-state index in [0.29, 0.717) is 18.7 Å². The second-order valence-corrected chi connectivity index (χ2v) is 4.58. The molecule has 0 aliphatic carbocycles. The minimum Gasteiger partial charge on any atom is -0.480 e. The summed E-state index contributed by atoms with van der Waals surface area (Å²) in [4.78, 5) is 23.5. The number of anilines is 1. The first-order chi connectivity index (χ1) is 8.47. The Bertz CT molecular complexity index is 503. The number of carbonyl (C=O) groups is 1. The Morgan fingerprint density at radius 1 is 1.50 bits per heavy atom. The summed E-state index contributed by atoms with van der Waals surface area (Å²) in [6.45, 7) is 2.13. The number of carboxylic acid groups (broad SMARTS) is 1. The number of nitro benzene ring substituents is 1. The van der Waals surface area contributed by atoms with Gasteiger partial charge in [0.2, 0.25) is 0 Å². The van der Waals surface area contributed by atoms with E-state index in [1.165, 1.54) is 6.07 Å². The van der Waals surface area contributed by atoms with E-state index in [4.69, 9.17) is 0 Å². The van der Waals surface area contributed by atoms with E-state index in [0.717, 1.165) is 6.42 Å². The number of hydrogen-bond acceptors (Lipinski definition) is 4. The van der Waals surface area contributed by atoms with Gasteiger partial charge in [-0.25, -0.2) is 4.79 Å². The Balaban J connectivity index is 2.49. The first-order valence-corrected chi connectivity index (χ1v) is 5.71. The molecule has 1 aromatic rings. The van der Waals surface area contributed by atoms with Crippen LogP contribution in [0.3, 0.4) is 0 Å². The van der Waals surface area contributed by atoms with Crippen molar-refractivity contribution in [1.82, 2.24) is 0 Å². The lowest BCUT2D eigenvalue weighted by Crippen LogP contribution is -2.48. The van der Waals surface area contributed by atoms with Gasteiger partial charge in [-0.15, -0.1) is 0 Å². The molecule has 0 spiro atoms. The number of para-hydroxylation sites is 2. The molecular weight excluding hydrogens is 236 g/mol. The molecule has 1 aliphatic heterocycles. The summed E-state index contributed by atoms with van der Waals surface area (Å²) in [5, 5.41) is 20.3. The van der Waals surface area contributed by atoms with Gasteiger partial charge in [-0.1, -0.05) is 12.1 Å². The number of carboxylic acids is 1. The molecular formula is C12H14N2O4. The van der Waals surface area contributed by atoms with E-state index >= 15 is 0 Å². The van der Waals surface area contributed by atoms with Crippen molar-refractivity contribution in [3.05, 3.63) is 34.4 Å². The van der Waals surface area contributed by atoms with Gasteiger partial charge in [-0.05, 0) is 25.8 Å². The molecule has 18 heavy (non-hydrogen) atoms. The molecule has 1 N–H and O–H groups in total. The van der Waals surface area contributed by atoms with Crippen molar-refractivity contribution in [1.29, 1.82) is 0 Å². The maximum Gasteiger partial charge on any atom is 0.329 e. The van der Waals surface area contributed by atoms with Gasteiger partial charge in [0.25, 0.3) is 5.69 Å². The molecule has 2 rings (SSSR count). The fourth-order valence-electron chi connectivity index (χ4n) is 2.42. The zero-order chi connectivity index (χ0) is 13.3. The molecule has 96 valence electrons. The van der Waals surface area contributed by atoms with Crippen LogP contribution in [-0.4, -0.2) is 28.1 Å². The van der Waals surface area contributed by atoms with Crippen LogP contribution in [0.2, 0.25) is 0 Å². The summed E-state index contributed by atoms with van der Waals surface area (Å²) in [6, 6.07) is 6.26. The van der Waals surface area contributed by atoms with E-state index in [2.05, 4.69) is 0 Å². The fraction of sp³-hybridized carbons (Fsp3) is 0.417. The zero-order valence-corrected chi connectivity index (χ0v) is 10.00. The third-order valence-corrected chi connectivity index (χ3v) is 3.47. The van der Waals surface area contributed by atoms with Crippen LogP contribution in [0, 0.1) is 10.1 Å². The zero-order valence-electron chi connectivity index (χ0n) is 10.00. The maximum absolute atomic E-state index is 11.4. The molecule has 1 heterocycles. The van der Waals surface area contributed by atoms with Crippen LogP contribution >= 0.6 is 0 Å². The maximum atomic E-state index is 11.4. The highest BCUT2D eigenvalue weighted by Gasteiger charge is 2.45. The molecule has 0 aromatic heterocycles. The van der Waals surface area contributed by atoms with Crippen molar-refractivity contribution >= 4 is 17.3 Å². The summed E-state index contributed by atoms with van der Waals surface area (Å²) >= 11 is 0. The molecule has 0 radical (unpaired) electrons. The Hall–Kier alpha value is -2.11. The smallest absolute Gasteiger partial charge is 0.329 e. The quantitative estimate of drug-likeness (QED) is 0.655. The number of rotatable bonds is 3. The SMILES string of the molecule is CC1(C(=O)O)CCCN1c1ccccc1[N+](=O)[O-]. The summed E-state index contributed by atoms with van der Waals surface area (Å²) in [5.41, 5.74) is -0.733. The molecule has 1 fully saturated rings. The summed E-state index contributed by atoms with van der Waals surface area (Å²) in [6.07, 6.45) is 1.21. The van der Waals surface area contributed by atoms with Crippen molar-refractivity contribution in [2.45, 2.75) is 25.3 Å². The Kier molecular flexibility index (Phi) is 2.94. The highest BCUT2D eigenvalue weighted by molar-refractivity contribution is 5.85. The average Bonchev–Trinajstić information content (AvgIpc) is 2.72. The van der Waals surface area contributed by atoms with Crippen LogP contribution in [0.1, 0.15) is 19.8 Å². The third kappa shape index (κ3) is 1.79. The van der Waals surface area contributed by atoms with Crippen molar-refractivity contribution in [2.24, 2.45) is 0 Å². The largest absolute Gasteiger partial charge is 0.480 e. The first kappa shape index (κ1) is 12.3. The van der Waals surface area contributed by atoms with E-state index in [-0.39, 0.29) is 5.69 Å². The lowest BCUT2D eigenvalue weighted by Gasteiger charge is -2.32. The third-order valence-electron chi connectivity index (χ3n) is 3.47. The standard InChI is InChI=1S/C12H14N2O4/c1-12(11(15)16)7-4-8-13(12)9-5-2-3-6-10(9)14(17)18/h2-3,5-6H,4,7-8H2,1H3,(H,15,16). The fourth-order valence-corrected chi connectivity index (χ4v) is 2.42. The lowest BCUT2D eigenvalue weighted by atomic mass is 9.98. The monoisotopic (exact) mass is 250 g/mol. The number of benzene rings is 1. The number of nitrogens with zero attached hydrogens (tertiary/aromatic N) is 2. The van der Waals surface area contributed by atoms with Crippen molar-refractivity contribution < 1.29 is 14.8 Å². The van der Waals surface area contributed by atoms with E-state index in [1.54, 1.807) is 30.0 Å². The van der Waals surface area contributed by atoms with Crippen LogP contribution in [-0.2, 0) is 4.79 Å². The van der Waals surface area contributed by atoms with Crippen LogP contribution in [0.5, 0.6) is 0 Å². The molecule has 6 nitrogen and oxygen atoms in total. The molecule has 6 heteroatoms. The van der Waals surface area contributed by atoms with Gasteiger partial charge in [0.15, 0.2) is 0 Å². The van der Waals surface area contributed by atoms with Gasteiger partial charge in [0, 0.05) is 12.6 Å². The molecule has 1 aromatic carbocycles. The average molecular weight is 250 g/mol. The van der Waals surface area contributed by atoms with Crippen LogP contribution in [0.25, 0.3) is 0 Å². The molecule has 1 unspecified atom stereocenters. The van der Waals surface area contributed by atoms with Gasteiger partial charge in [0.05, 0.1) is 4.92 Å². The van der Waals surface area contributed by atoms with Crippen molar-refractivity contribution in [2.75, 3.05) is 11.4 Å². The topological polar surface area (TPSA) is 83.7 Å². The Morgan fingerprint density at radius 3 is 2.78 bits per heavy atom. The van der Waals surface area contributed by atoms with Crippen LogP contribution in [0.4, 0.5) is 11.4 Å². The van der Waals surface area contributed by atoms with Crippen molar-refractivity contribution in [3.8, 4) is 0 Å². The van der Waals surface area contributed by atoms with Crippen LogP contribution < -0.4 is 4.90 Å². The number of nitro groups is 1. The molecule has 0 bridgehead atoms. The summed E-state index contributed by atoms with van der Waals surface area (Å²) in [5.74, 6) is -0.946. The molecule has 1 aliphatic rings. The first-order valence-electron chi connectivity index (χ1n) is 5.71. The molecule has 0 amide bonds. The predicted octanol–water partition coefficient (Wildman–Crippen LogP) is 2.04. The minimum absolute atomic E-state index is 0.0492. The molecule has 0 saturated carbocycles. The van der Waals surface area contributed by atoms with E-state index in [1.807, 2.05) is 0 Å². The highest BCUT2D eigenvalue weighted by Crippen LogP contribution is 2.38. The molecule has 1 saturated heterocycles. The normalized spacial score (nSPS) is 23.1. The van der Waals surface area contributed by atoms with Crippen LogP contribution in [0.15, 0.2) is 24.3 Å². The lowest BCUT2D eigenvalue weighted by molar-refractivity contribution is -0.384. The summed E-state index contributed by atoms with van der Waals surface area (Å²) in [7, 11) is 0. The minimum atomic E-state index is -1.06.